The average molecular weight is 371 g/mol. The highest BCUT2D eigenvalue weighted by Crippen LogP contribution is 2.32. The average Bonchev–Trinajstić information content (AvgIpc) is 2.60. The highest BCUT2D eigenvalue weighted by atomic mass is 28.3. The van der Waals surface area contributed by atoms with Crippen molar-refractivity contribution in [2.45, 2.75) is 25.7 Å². The quantitative estimate of drug-likeness (QED) is 0.558. The summed E-state index contributed by atoms with van der Waals surface area (Å²) in [6.07, 6.45) is 0. The van der Waals surface area contributed by atoms with Gasteiger partial charge in [-0.15, -0.1) is 0 Å². The molecule has 0 bridgehead atoms. The molecule has 0 atom stereocenters. The van der Waals surface area contributed by atoms with E-state index in [0.717, 1.165) is 11.6 Å². The molecule has 136 valence electrons. The minimum atomic E-state index is -1.24. The van der Waals surface area contributed by atoms with Crippen molar-refractivity contribution in [2.75, 3.05) is 13.2 Å². The molecular formula is C20H22FNO3Si. The third-order valence-electron chi connectivity index (χ3n) is 4.06. The van der Waals surface area contributed by atoms with Crippen molar-refractivity contribution in [3.63, 3.8) is 0 Å². The van der Waals surface area contributed by atoms with Gasteiger partial charge in [-0.1, -0.05) is 31.8 Å². The Bertz CT molecular complexity index is 858. The van der Waals surface area contributed by atoms with Gasteiger partial charge < -0.3 is 9.47 Å². The van der Waals surface area contributed by atoms with Gasteiger partial charge >= 0.3 is 5.97 Å². The molecule has 0 saturated carbocycles. The molecule has 0 radical (unpaired) electrons. The van der Waals surface area contributed by atoms with Gasteiger partial charge in [0, 0.05) is 19.7 Å². The van der Waals surface area contributed by atoms with Crippen LogP contribution in [0.3, 0.4) is 0 Å². The summed E-state index contributed by atoms with van der Waals surface area (Å²) < 4.78 is 24.2. The second-order valence-electron chi connectivity index (χ2n) is 7.49. The van der Waals surface area contributed by atoms with Crippen LogP contribution in [0.15, 0.2) is 47.5 Å². The SMILES string of the molecule is C[Si](C)(C)CCOC(=O)c1cccc(C2=Nc3ccc(F)cc3OC2)c1. The number of carbonyl (C=O) groups excluding carboxylic acids is 1. The Hall–Kier alpha value is -2.47. The zero-order valence-corrected chi connectivity index (χ0v) is 16.2. The monoisotopic (exact) mass is 371 g/mol. The highest BCUT2D eigenvalue weighted by molar-refractivity contribution is 6.76. The second kappa shape index (κ2) is 7.41. The van der Waals surface area contributed by atoms with E-state index >= 15 is 0 Å². The number of esters is 1. The summed E-state index contributed by atoms with van der Waals surface area (Å²) in [5, 5.41) is 0. The molecule has 0 fully saturated rings. The molecule has 0 aliphatic carbocycles. The van der Waals surface area contributed by atoms with E-state index in [0.29, 0.717) is 29.3 Å². The van der Waals surface area contributed by atoms with Crippen molar-refractivity contribution >= 4 is 25.4 Å². The zero-order valence-electron chi connectivity index (χ0n) is 15.2. The fourth-order valence-corrected chi connectivity index (χ4v) is 3.24. The molecule has 0 saturated heterocycles. The minimum absolute atomic E-state index is 0.227. The summed E-state index contributed by atoms with van der Waals surface area (Å²) in [5.74, 6) is -0.258. The largest absolute Gasteiger partial charge is 0.485 e. The van der Waals surface area contributed by atoms with E-state index in [-0.39, 0.29) is 18.4 Å². The number of rotatable bonds is 5. The van der Waals surface area contributed by atoms with Crippen molar-refractivity contribution in [2.24, 2.45) is 4.99 Å². The lowest BCUT2D eigenvalue weighted by atomic mass is 10.1. The maximum atomic E-state index is 13.3. The van der Waals surface area contributed by atoms with Crippen LogP contribution in [-0.2, 0) is 4.74 Å². The molecule has 26 heavy (non-hydrogen) atoms. The molecule has 0 N–H and O–H groups in total. The standard InChI is InChI=1S/C20H22FNO3Si/c1-26(2,3)10-9-24-20(23)15-6-4-5-14(11-15)18-13-25-19-12-16(21)7-8-17(19)22-18/h4-8,11-12H,9-10,13H2,1-3H3. The van der Waals surface area contributed by atoms with E-state index in [2.05, 4.69) is 24.6 Å². The lowest BCUT2D eigenvalue weighted by molar-refractivity contribution is 0.0525. The number of halogens is 1. The molecule has 1 aliphatic heterocycles. The van der Waals surface area contributed by atoms with Crippen LogP contribution in [0.1, 0.15) is 15.9 Å². The zero-order chi connectivity index (χ0) is 18.7. The van der Waals surface area contributed by atoms with E-state index in [1.165, 1.54) is 12.1 Å². The number of ether oxygens (including phenoxy) is 2. The Kier molecular flexibility index (Phi) is 5.22. The summed E-state index contributed by atoms with van der Waals surface area (Å²) in [6.45, 7) is 7.40. The fraction of sp³-hybridized carbons (Fsp3) is 0.300. The number of aliphatic imine (C=N–C) groups is 1. The van der Waals surface area contributed by atoms with E-state index in [1.807, 2.05) is 6.07 Å². The first-order valence-corrected chi connectivity index (χ1v) is 12.3. The maximum Gasteiger partial charge on any atom is 0.338 e. The topological polar surface area (TPSA) is 47.9 Å². The number of hydrogen-bond acceptors (Lipinski definition) is 4. The first kappa shape index (κ1) is 18.3. The van der Waals surface area contributed by atoms with Gasteiger partial charge in [-0.25, -0.2) is 14.2 Å². The lowest BCUT2D eigenvalue weighted by Crippen LogP contribution is -2.23. The molecule has 0 spiro atoms. The third-order valence-corrected chi connectivity index (χ3v) is 5.76. The van der Waals surface area contributed by atoms with Gasteiger partial charge in [0.1, 0.15) is 23.9 Å². The Labute approximate surface area is 153 Å². The van der Waals surface area contributed by atoms with Crippen LogP contribution in [0.25, 0.3) is 0 Å². The lowest BCUT2D eigenvalue weighted by Gasteiger charge is -2.18. The number of hydrogen-bond donors (Lipinski definition) is 0. The summed E-state index contributed by atoms with van der Waals surface area (Å²) in [4.78, 5) is 16.8. The molecular weight excluding hydrogens is 349 g/mol. The second-order valence-corrected chi connectivity index (χ2v) is 13.1. The molecule has 0 aromatic heterocycles. The maximum absolute atomic E-state index is 13.3. The third kappa shape index (κ3) is 4.57. The smallest absolute Gasteiger partial charge is 0.338 e. The van der Waals surface area contributed by atoms with Crippen LogP contribution >= 0.6 is 0 Å². The molecule has 2 aromatic rings. The van der Waals surface area contributed by atoms with Crippen molar-refractivity contribution in [1.29, 1.82) is 0 Å². The molecule has 4 nitrogen and oxygen atoms in total. The Morgan fingerprint density at radius 3 is 2.81 bits per heavy atom. The fourth-order valence-electron chi connectivity index (χ4n) is 2.53. The minimum Gasteiger partial charge on any atom is -0.485 e. The summed E-state index contributed by atoms with van der Waals surface area (Å²) in [6, 6.07) is 12.3. The Morgan fingerprint density at radius 1 is 1.23 bits per heavy atom. The molecule has 3 rings (SSSR count). The van der Waals surface area contributed by atoms with Crippen LogP contribution in [0, 0.1) is 5.82 Å². The molecule has 6 heteroatoms. The Balaban J connectivity index is 1.75. The first-order chi connectivity index (χ1) is 12.3. The van der Waals surface area contributed by atoms with Crippen LogP contribution in [0.4, 0.5) is 10.1 Å². The van der Waals surface area contributed by atoms with E-state index in [9.17, 15) is 9.18 Å². The molecule has 1 aliphatic rings. The van der Waals surface area contributed by atoms with Crippen molar-refractivity contribution in [3.8, 4) is 5.75 Å². The summed E-state index contributed by atoms with van der Waals surface area (Å²) >= 11 is 0. The van der Waals surface area contributed by atoms with Gasteiger partial charge in [0.05, 0.1) is 17.9 Å². The summed E-state index contributed by atoms with van der Waals surface area (Å²) in [7, 11) is -1.24. The van der Waals surface area contributed by atoms with Gasteiger partial charge in [0.15, 0.2) is 0 Å². The van der Waals surface area contributed by atoms with Crippen molar-refractivity contribution < 1.29 is 18.7 Å². The number of nitrogens with zero attached hydrogens (tertiary/aromatic N) is 1. The molecule has 2 aromatic carbocycles. The number of benzene rings is 2. The summed E-state index contributed by atoms with van der Waals surface area (Å²) in [5.41, 5.74) is 2.56. The van der Waals surface area contributed by atoms with Crippen molar-refractivity contribution in [3.05, 3.63) is 59.4 Å². The number of fused-ring (bicyclic) bond motifs is 1. The van der Waals surface area contributed by atoms with Gasteiger partial charge in [0.25, 0.3) is 0 Å². The molecule has 1 heterocycles. The number of carbonyl (C=O) groups is 1. The predicted molar refractivity (Wildman–Crippen MR) is 103 cm³/mol. The molecule has 0 amide bonds. The van der Waals surface area contributed by atoms with E-state index < -0.39 is 8.07 Å². The van der Waals surface area contributed by atoms with Gasteiger partial charge in [0.2, 0.25) is 0 Å². The molecule has 0 unspecified atom stereocenters. The van der Waals surface area contributed by atoms with E-state index in [4.69, 9.17) is 9.47 Å². The van der Waals surface area contributed by atoms with Crippen LogP contribution < -0.4 is 4.74 Å². The van der Waals surface area contributed by atoms with E-state index in [1.54, 1.807) is 24.3 Å². The van der Waals surface area contributed by atoms with Crippen LogP contribution in [-0.4, -0.2) is 33.0 Å². The van der Waals surface area contributed by atoms with Crippen LogP contribution in [0.2, 0.25) is 25.7 Å². The van der Waals surface area contributed by atoms with Gasteiger partial charge in [-0.3, -0.25) is 0 Å². The Morgan fingerprint density at radius 2 is 2.04 bits per heavy atom. The predicted octanol–water partition coefficient (Wildman–Crippen LogP) is 4.83. The van der Waals surface area contributed by atoms with Crippen molar-refractivity contribution in [1.82, 2.24) is 0 Å². The van der Waals surface area contributed by atoms with Crippen LogP contribution in [0.5, 0.6) is 5.75 Å². The first-order valence-electron chi connectivity index (χ1n) is 8.59. The normalized spacial score (nSPS) is 13.5. The highest BCUT2D eigenvalue weighted by Gasteiger charge is 2.18. The van der Waals surface area contributed by atoms with Gasteiger partial charge in [-0.2, -0.15) is 0 Å². The van der Waals surface area contributed by atoms with Gasteiger partial charge in [-0.05, 0) is 30.3 Å².